The third-order valence-electron chi connectivity index (χ3n) is 6.14. The number of hydrogen-bond acceptors (Lipinski definition) is 5. The molecule has 1 aliphatic rings. The summed E-state index contributed by atoms with van der Waals surface area (Å²) in [4.78, 5) is 17.7. The highest BCUT2D eigenvalue weighted by Gasteiger charge is 2.20. The van der Waals surface area contributed by atoms with Gasteiger partial charge in [0.2, 0.25) is 5.91 Å². The van der Waals surface area contributed by atoms with Gasteiger partial charge in [0, 0.05) is 17.0 Å². The third-order valence-corrected chi connectivity index (χ3v) is 6.14. The minimum atomic E-state index is -0.442. The Kier molecular flexibility index (Phi) is 7.32. The number of fused-ring (bicyclic) bond motifs is 1. The fourth-order valence-corrected chi connectivity index (χ4v) is 4.42. The Morgan fingerprint density at radius 1 is 1.21 bits per heavy atom. The van der Waals surface area contributed by atoms with Gasteiger partial charge in [-0.05, 0) is 94.2 Å². The van der Waals surface area contributed by atoms with Crippen LogP contribution in [0.1, 0.15) is 37.8 Å². The van der Waals surface area contributed by atoms with Crippen LogP contribution >= 0.6 is 0 Å². The van der Waals surface area contributed by atoms with Gasteiger partial charge < -0.3 is 20.1 Å². The molecule has 1 fully saturated rings. The summed E-state index contributed by atoms with van der Waals surface area (Å²) < 4.78 is 25.5. The molecule has 2 N–H and O–H groups in total. The van der Waals surface area contributed by atoms with Crippen LogP contribution in [0.15, 0.2) is 36.4 Å². The Labute approximate surface area is 199 Å². The number of ether oxygens (including phenoxy) is 2. The highest BCUT2D eigenvalue weighted by molar-refractivity contribution is 5.91. The molecule has 0 unspecified atom stereocenters. The van der Waals surface area contributed by atoms with Gasteiger partial charge in [-0.1, -0.05) is 0 Å². The number of aryl methyl sites for hydroxylation is 1. The highest BCUT2D eigenvalue weighted by atomic mass is 19.1. The van der Waals surface area contributed by atoms with Crippen molar-refractivity contribution >= 4 is 16.8 Å². The van der Waals surface area contributed by atoms with Gasteiger partial charge >= 0.3 is 0 Å². The molecule has 34 heavy (non-hydrogen) atoms. The highest BCUT2D eigenvalue weighted by Crippen LogP contribution is 2.34. The number of carbonyl (C=O) groups is 1. The number of carbonyl (C=O) groups excluding carboxylic acids is 1. The number of amides is 1. The number of nitrogens with zero attached hydrogens (tertiary/aromatic N) is 1. The van der Waals surface area contributed by atoms with Crippen LogP contribution in [-0.2, 0) is 11.2 Å². The second kappa shape index (κ2) is 10.4. The summed E-state index contributed by atoms with van der Waals surface area (Å²) in [6.45, 7) is 7.77. The number of pyridine rings is 1. The first-order chi connectivity index (χ1) is 16.4. The van der Waals surface area contributed by atoms with Crippen LogP contribution in [0.3, 0.4) is 0 Å². The van der Waals surface area contributed by atoms with E-state index in [1.807, 2.05) is 39.0 Å². The van der Waals surface area contributed by atoms with Gasteiger partial charge in [-0.25, -0.2) is 9.37 Å². The maximum Gasteiger partial charge on any atom is 0.224 e. The molecule has 0 saturated carbocycles. The van der Waals surface area contributed by atoms with Gasteiger partial charge in [0.15, 0.2) is 11.6 Å². The quantitative estimate of drug-likeness (QED) is 0.535. The number of halogens is 1. The molecule has 2 aromatic carbocycles. The number of hydrogen-bond donors (Lipinski definition) is 2. The number of rotatable bonds is 7. The standard InChI is InChI=1S/C27H32FN3O3/c1-16(2)30-26(32)15-22-17(3)21-14-20(34-19-9-11-29-12-10-19)6-8-24(21)31-27(22)18-5-7-23(28)25(13-18)33-4/h5-8,13-14,16,19,29H,9-12,15H2,1-4H3,(H,30,32). The second-order valence-electron chi connectivity index (χ2n) is 9.06. The summed E-state index contributed by atoms with van der Waals surface area (Å²) in [5, 5.41) is 7.25. The Morgan fingerprint density at radius 3 is 2.68 bits per heavy atom. The number of methoxy groups -OCH3 is 1. The van der Waals surface area contributed by atoms with Gasteiger partial charge in [0.1, 0.15) is 11.9 Å². The molecular formula is C27H32FN3O3. The van der Waals surface area contributed by atoms with Crippen molar-refractivity contribution in [1.82, 2.24) is 15.6 Å². The maximum absolute atomic E-state index is 14.1. The van der Waals surface area contributed by atoms with E-state index in [0.29, 0.717) is 11.3 Å². The van der Waals surface area contributed by atoms with Crippen LogP contribution in [0, 0.1) is 12.7 Å². The van der Waals surface area contributed by atoms with E-state index < -0.39 is 5.82 Å². The van der Waals surface area contributed by atoms with Crippen molar-refractivity contribution in [2.75, 3.05) is 20.2 Å². The predicted octanol–water partition coefficient (Wildman–Crippen LogP) is 4.56. The first kappa shape index (κ1) is 24.0. The molecule has 180 valence electrons. The number of aromatic nitrogens is 1. The van der Waals surface area contributed by atoms with E-state index in [9.17, 15) is 9.18 Å². The lowest BCUT2D eigenvalue weighted by Gasteiger charge is -2.24. The molecule has 1 saturated heterocycles. The lowest BCUT2D eigenvalue weighted by molar-refractivity contribution is -0.120. The summed E-state index contributed by atoms with van der Waals surface area (Å²) in [5.74, 6) is 0.415. The Balaban J connectivity index is 1.80. The van der Waals surface area contributed by atoms with Crippen molar-refractivity contribution in [3.63, 3.8) is 0 Å². The van der Waals surface area contributed by atoms with E-state index in [0.717, 1.165) is 53.7 Å². The van der Waals surface area contributed by atoms with Crippen molar-refractivity contribution in [2.45, 2.75) is 52.2 Å². The summed E-state index contributed by atoms with van der Waals surface area (Å²) >= 11 is 0. The lowest BCUT2D eigenvalue weighted by Crippen LogP contribution is -2.34. The topological polar surface area (TPSA) is 72.5 Å². The van der Waals surface area contributed by atoms with Gasteiger partial charge in [-0.3, -0.25) is 4.79 Å². The third kappa shape index (κ3) is 5.30. The van der Waals surface area contributed by atoms with E-state index in [1.165, 1.54) is 13.2 Å². The largest absolute Gasteiger partial charge is 0.494 e. The maximum atomic E-state index is 14.1. The van der Waals surface area contributed by atoms with Crippen molar-refractivity contribution in [1.29, 1.82) is 0 Å². The van der Waals surface area contributed by atoms with Crippen LogP contribution in [0.4, 0.5) is 4.39 Å². The zero-order valence-corrected chi connectivity index (χ0v) is 20.2. The Bertz CT molecular complexity index is 1190. The predicted molar refractivity (Wildman–Crippen MR) is 132 cm³/mol. The molecule has 3 aromatic rings. The Hall–Kier alpha value is -3.19. The molecule has 6 nitrogen and oxygen atoms in total. The summed E-state index contributed by atoms with van der Waals surface area (Å²) in [7, 11) is 1.43. The van der Waals surface area contributed by atoms with Gasteiger partial charge in [0.25, 0.3) is 0 Å². The molecule has 0 atom stereocenters. The molecule has 0 bridgehead atoms. The molecule has 7 heteroatoms. The van der Waals surface area contributed by atoms with Crippen molar-refractivity contribution in [3.8, 4) is 22.8 Å². The average Bonchev–Trinajstić information content (AvgIpc) is 2.81. The van der Waals surface area contributed by atoms with Gasteiger partial charge in [-0.15, -0.1) is 0 Å². The number of nitrogens with one attached hydrogen (secondary N) is 2. The van der Waals surface area contributed by atoms with Crippen LogP contribution in [0.2, 0.25) is 0 Å². The van der Waals surface area contributed by atoms with Crippen LogP contribution in [0.5, 0.6) is 11.5 Å². The van der Waals surface area contributed by atoms with Crippen LogP contribution in [-0.4, -0.2) is 43.2 Å². The van der Waals surface area contributed by atoms with Crippen molar-refractivity contribution in [2.24, 2.45) is 0 Å². The van der Waals surface area contributed by atoms with E-state index in [4.69, 9.17) is 14.5 Å². The van der Waals surface area contributed by atoms with E-state index in [-0.39, 0.29) is 30.2 Å². The molecule has 4 rings (SSSR count). The monoisotopic (exact) mass is 465 g/mol. The van der Waals surface area contributed by atoms with Gasteiger partial charge in [-0.2, -0.15) is 0 Å². The van der Waals surface area contributed by atoms with Crippen LogP contribution < -0.4 is 20.1 Å². The summed E-state index contributed by atoms with van der Waals surface area (Å²) in [5.41, 5.74) is 3.90. The fraction of sp³-hybridized carbons (Fsp3) is 0.407. The van der Waals surface area contributed by atoms with Crippen LogP contribution in [0.25, 0.3) is 22.2 Å². The minimum absolute atomic E-state index is 0.0283. The van der Waals surface area contributed by atoms with E-state index in [2.05, 4.69) is 10.6 Å². The average molecular weight is 466 g/mol. The second-order valence-corrected chi connectivity index (χ2v) is 9.06. The molecule has 1 amide bonds. The Morgan fingerprint density at radius 2 is 1.97 bits per heavy atom. The first-order valence-electron chi connectivity index (χ1n) is 11.8. The van der Waals surface area contributed by atoms with Crippen molar-refractivity contribution < 1.29 is 18.7 Å². The molecule has 1 aliphatic heterocycles. The smallest absolute Gasteiger partial charge is 0.224 e. The van der Waals surface area contributed by atoms with E-state index >= 15 is 0 Å². The molecule has 2 heterocycles. The SMILES string of the molecule is COc1cc(-c2nc3ccc(OC4CCNCC4)cc3c(C)c2CC(=O)NC(C)C)ccc1F. The fourth-order valence-electron chi connectivity index (χ4n) is 4.42. The molecule has 0 radical (unpaired) electrons. The zero-order valence-electron chi connectivity index (χ0n) is 20.2. The minimum Gasteiger partial charge on any atom is -0.494 e. The molecular weight excluding hydrogens is 433 g/mol. The summed E-state index contributed by atoms with van der Waals surface area (Å²) in [6, 6.07) is 10.6. The van der Waals surface area contributed by atoms with E-state index in [1.54, 1.807) is 12.1 Å². The molecule has 0 spiro atoms. The zero-order chi connectivity index (χ0) is 24.2. The normalized spacial score (nSPS) is 14.4. The number of piperidine rings is 1. The molecule has 0 aliphatic carbocycles. The van der Waals surface area contributed by atoms with Gasteiger partial charge in [0.05, 0.1) is 24.7 Å². The summed E-state index contributed by atoms with van der Waals surface area (Å²) in [6.07, 6.45) is 2.30. The number of benzene rings is 2. The first-order valence-corrected chi connectivity index (χ1v) is 11.8. The van der Waals surface area contributed by atoms with Crippen molar-refractivity contribution in [3.05, 3.63) is 53.3 Å². The molecule has 1 aromatic heterocycles. The lowest BCUT2D eigenvalue weighted by atomic mass is 9.95.